The number of rotatable bonds is 4. The third kappa shape index (κ3) is 4.10. The second kappa shape index (κ2) is 7.39. The highest BCUT2D eigenvalue weighted by Gasteiger charge is 2.31. The lowest BCUT2D eigenvalue weighted by Crippen LogP contribution is -2.51. The predicted octanol–water partition coefficient (Wildman–Crippen LogP) is 2.02. The quantitative estimate of drug-likeness (QED) is 0.663. The first-order chi connectivity index (χ1) is 11.6. The van der Waals surface area contributed by atoms with Crippen molar-refractivity contribution >= 4 is 17.7 Å². The maximum absolute atomic E-state index is 12.6. The van der Waals surface area contributed by atoms with Crippen molar-refractivity contribution in [2.75, 3.05) is 13.1 Å². The number of Topliss-reactive ketones (excluding diaryl/α,β-unsaturated/α-hetero) is 1. The minimum absolute atomic E-state index is 0.0537. The molecule has 7 nitrogen and oxygen atoms in total. The first-order valence-corrected chi connectivity index (χ1v) is 8.47. The van der Waals surface area contributed by atoms with E-state index in [0.29, 0.717) is 29.9 Å². The molecule has 0 spiro atoms. The zero-order valence-corrected chi connectivity index (χ0v) is 15.6. The maximum atomic E-state index is 12.6. The van der Waals surface area contributed by atoms with E-state index in [1.807, 2.05) is 13.8 Å². The van der Waals surface area contributed by atoms with Crippen molar-refractivity contribution in [1.29, 1.82) is 0 Å². The molecule has 0 aromatic carbocycles. The van der Waals surface area contributed by atoms with Gasteiger partial charge in [0, 0.05) is 24.3 Å². The summed E-state index contributed by atoms with van der Waals surface area (Å²) in [6, 6.07) is 0. The van der Waals surface area contributed by atoms with Gasteiger partial charge < -0.3 is 19.4 Å². The Morgan fingerprint density at radius 2 is 1.76 bits per heavy atom. The fourth-order valence-electron chi connectivity index (χ4n) is 3.37. The first-order valence-electron chi connectivity index (χ1n) is 8.47. The topological polar surface area (TPSA) is 88.7 Å². The molecule has 1 amide bonds. The fraction of sp³-hybridized carbons (Fsp3) is 0.611. The molecule has 1 saturated heterocycles. The van der Waals surface area contributed by atoms with Crippen LogP contribution in [0.5, 0.6) is 0 Å². The van der Waals surface area contributed by atoms with Gasteiger partial charge in [-0.3, -0.25) is 9.59 Å². The number of aromatic nitrogens is 1. The average Bonchev–Trinajstić information content (AvgIpc) is 2.80. The molecule has 1 aliphatic rings. The summed E-state index contributed by atoms with van der Waals surface area (Å²) in [7, 11) is 0. The predicted molar refractivity (Wildman–Crippen MR) is 91.7 cm³/mol. The molecule has 0 aliphatic carbocycles. The average molecular weight is 350 g/mol. The van der Waals surface area contributed by atoms with Gasteiger partial charge in [0.2, 0.25) is 0 Å². The third-order valence-corrected chi connectivity index (χ3v) is 4.36. The number of amides is 1. The van der Waals surface area contributed by atoms with Gasteiger partial charge in [-0.2, -0.15) is 0 Å². The molecule has 7 heteroatoms. The highest BCUT2D eigenvalue weighted by atomic mass is 16.5. The Labute approximate surface area is 147 Å². The summed E-state index contributed by atoms with van der Waals surface area (Å²) < 4.78 is 10.9. The van der Waals surface area contributed by atoms with E-state index in [1.165, 1.54) is 6.92 Å². The number of morpholine rings is 1. The van der Waals surface area contributed by atoms with Crippen molar-refractivity contribution in [2.45, 2.75) is 59.9 Å². The molecule has 0 radical (unpaired) electrons. The Bertz CT molecular complexity index is 684. The smallest absolute Gasteiger partial charge is 0.355 e. The van der Waals surface area contributed by atoms with Crippen LogP contribution in [0.2, 0.25) is 0 Å². The van der Waals surface area contributed by atoms with E-state index in [-0.39, 0.29) is 29.6 Å². The second-order valence-electron chi connectivity index (χ2n) is 6.73. The molecule has 1 aromatic heterocycles. The summed E-state index contributed by atoms with van der Waals surface area (Å²) in [4.78, 5) is 41.2. The number of hydrogen-bond acceptors (Lipinski definition) is 5. The van der Waals surface area contributed by atoms with Crippen molar-refractivity contribution in [3.8, 4) is 0 Å². The molecule has 1 N–H and O–H groups in total. The molecule has 25 heavy (non-hydrogen) atoms. The van der Waals surface area contributed by atoms with Crippen LogP contribution in [-0.4, -0.2) is 58.9 Å². The number of hydrogen-bond donors (Lipinski definition) is 1. The Morgan fingerprint density at radius 1 is 1.20 bits per heavy atom. The van der Waals surface area contributed by atoms with Crippen molar-refractivity contribution in [3.05, 3.63) is 22.5 Å². The molecular formula is C18H26N2O5. The zero-order valence-electron chi connectivity index (χ0n) is 15.6. The van der Waals surface area contributed by atoms with Gasteiger partial charge in [0.15, 0.2) is 11.9 Å². The molecule has 1 fully saturated rings. The van der Waals surface area contributed by atoms with Crippen LogP contribution in [0.1, 0.15) is 59.8 Å². The van der Waals surface area contributed by atoms with Gasteiger partial charge >= 0.3 is 5.97 Å². The van der Waals surface area contributed by atoms with E-state index >= 15 is 0 Å². The normalized spacial score (nSPS) is 21.8. The Morgan fingerprint density at radius 3 is 2.24 bits per heavy atom. The van der Waals surface area contributed by atoms with E-state index in [0.717, 1.165) is 0 Å². The molecule has 2 heterocycles. The summed E-state index contributed by atoms with van der Waals surface area (Å²) in [5.41, 5.74) is 1.86. The van der Waals surface area contributed by atoms with Crippen LogP contribution in [0, 0.1) is 13.8 Å². The number of nitrogens with one attached hydrogen (secondary N) is 1. The van der Waals surface area contributed by atoms with Crippen LogP contribution in [0.4, 0.5) is 0 Å². The number of ether oxygens (including phenoxy) is 2. The molecule has 0 unspecified atom stereocenters. The zero-order chi connectivity index (χ0) is 18.9. The summed E-state index contributed by atoms with van der Waals surface area (Å²) in [5, 5.41) is 0. The monoisotopic (exact) mass is 350 g/mol. The molecule has 1 aliphatic heterocycles. The van der Waals surface area contributed by atoms with Crippen LogP contribution in [-0.2, 0) is 14.3 Å². The number of aryl methyl sites for hydroxylation is 1. The highest BCUT2D eigenvalue weighted by Crippen LogP contribution is 2.20. The number of aromatic amines is 1. The van der Waals surface area contributed by atoms with Crippen LogP contribution in [0.15, 0.2) is 0 Å². The van der Waals surface area contributed by atoms with Crippen LogP contribution < -0.4 is 0 Å². The first kappa shape index (κ1) is 19.2. The SMILES string of the molecule is CC(=O)c1c(C)[nH]c(C(=O)O[C@@H](C)C(=O)N2C[C@H](C)O[C@@H](C)C2)c1C. The van der Waals surface area contributed by atoms with Crippen LogP contribution in [0.3, 0.4) is 0 Å². The molecule has 138 valence electrons. The lowest BCUT2D eigenvalue weighted by Gasteiger charge is -2.36. The van der Waals surface area contributed by atoms with Gasteiger partial charge in [0.25, 0.3) is 5.91 Å². The number of carbonyl (C=O) groups is 3. The van der Waals surface area contributed by atoms with E-state index < -0.39 is 12.1 Å². The van der Waals surface area contributed by atoms with Crippen molar-refractivity contribution in [2.24, 2.45) is 0 Å². The van der Waals surface area contributed by atoms with Gasteiger partial charge in [0.1, 0.15) is 5.69 Å². The van der Waals surface area contributed by atoms with Crippen molar-refractivity contribution in [1.82, 2.24) is 9.88 Å². The Kier molecular flexibility index (Phi) is 5.67. The summed E-state index contributed by atoms with van der Waals surface area (Å²) in [6.45, 7) is 11.2. The molecule has 1 aromatic rings. The lowest BCUT2D eigenvalue weighted by atomic mass is 10.1. The summed E-state index contributed by atoms with van der Waals surface area (Å²) in [6.07, 6.45) is -1.02. The number of esters is 1. The van der Waals surface area contributed by atoms with Crippen molar-refractivity contribution in [3.63, 3.8) is 0 Å². The van der Waals surface area contributed by atoms with E-state index in [1.54, 1.807) is 25.7 Å². The minimum atomic E-state index is -0.909. The van der Waals surface area contributed by atoms with Gasteiger partial charge in [-0.15, -0.1) is 0 Å². The minimum Gasteiger partial charge on any atom is -0.448 e. The van der Waals surface area contributed by atoms with Gasteiger partial charge in [-0.25, -0.2) is 4.79 Å². The number of H-pyrrole nitrogens is 1. The largest absolute Gasteiger partial charge is 0.448 e. The third-order valence-electron chi connectivity index (χ3n) is 4.36. The maximum Gasteiger partial charge on any atom is 0.355 e. The lowest BCUT2D eigenvalue weighted by molar-refractivity contribution is -0.151. The standard InChI is InChI=1S/C18H26N2O5/c1-9-7-20(8-10(2)24-9)17(22)14(6)25-18(23)16-11(3)15(13(5)21)12(4)19-16/h9-10,14,19H,7-8H2,1-6H3/t9-,10-,14-/m0/s1. The molecular weight excluding hydrogens is 324 g/mol. The fourth-order valence-corrected chi connectivity index (χ4v) is 3.37. The second-order valence-corrected chi connectivity index (χ2v) is 6.73. The molecule has 3 atom stereocenters. The Hall–Kier alpha value is -2.15. The number of ketones is 1. The van der Waals surface area contributed by atoms with Crippen LogP contribution in [0.25, 0.3) is 0 Å². The highest BCUT2D eigenvalue weighted by molar-refractivity contribution is 6.01. The van der Waals surface area contributed by atoms with Gasteiger partial charge in [-0.1, -0.05) is 0 Å². The molecule has 0 bridgehead atoms. The van der Waals surface area contributed by atoms with Gasteiger partial charge in [0.05, 0.1) is 12.2 Å². The van der Waals surface area contributed by atoms with Crippen molar-refractivity contribution < 1.29 is 23.9 Å². The summed E-state index contributed by atoms with van der Waals surface area (Å²) in [5.74, 6) is -1.00. The Balaban J connectivity index is 2.09. The summed E-state index contributed by atoms with van der Waals surface area (Å²) >= 11 is 0. The van der Waals surface area contributed by atoms with Gasteiger partial charge in [-0.05, 0) is 47.1 Å². The van der Waals surface area contributed by atoms with Crippen LogP contribution >= 0.6 is 0 Å². The van der Waals surface area contributed by atoms with E-state index in [4.69, 9.17) is 9.47 Å². The van der Waals surface area contributed by atoms with E-state index in [2.05, 4.69) is 4.98 Å². The van der Waals surface area contributed by atoms with E-state index in [9.17, 15) is 14.4 Å². The molecule has 0 saturated carbocycles. The number of carbonyl (C=O) groups excluding carboxylic acids is 3. The number of nitrogens with zero attached hydrogens (tertiary/aromatic N) is 1. The molecule has 2 rings (SSSR count).